The van der Waals surface area contributed by atoms with Crippen molar-refractivity contribution in [2.75, 3.05) is 24.6 Å². The molecule has 1 atom stereocenters. The van der Waals surface area contributed by atoms with Gasteiger partial charge in [-0.1, -0.05) is 24.3 Å². The third kappa shape index (κ3) is 4.25. The number of benzene rings is 1. The fourth-order valence-corrected chi connectivity index (χ4v) is 3.19. The highest BCUT2D eigenvalue weighted by molar-refractivity contribution is 7.99. The molecule has 19 heavy (non-hydrogen) atoms. The van der Waals surface area contributed by atoms with Crippen LogP contribution >= 0.6 is 11.8 Å². The van der Waals surface area contributed by atoms with E-state index in [2.05, 4.69) is 17.0 Å². The molecule has 1 N–H and O–H groups in total. The van der Waals surface area contributed by atoms with Gasteiger partial charge in [0.1, 0.15) is 0 Å². The highest BCUT2D eigenvalue weighted by Crippen LogP contribution is 2.18. The number of rotatable bonds is 4. The van der Waals surface area contributed by atoms with E-state index in [4.69, 9.17) is 5.11 Å². The molecular weight excluding hydrogens is 258 g/mol. The van der Waals surface area contributed by atoms with E-state index in [-0.39, 0.29) is 0 Å². The first-order valence-corrected chi connectivity index (χ1v) is 7.94. The van der Waals surface area contributed by atoms with Crippen molar-refractivity contribution in [1.29, 1.82) is 0 Å². The van der Waals surface area contributed by atoms with Crippen LogP contribution in [0.1, 0.15) is 30.4 Å². The van der Waals surface area contributed by atoms with Crippen LogP contribution in [0.3, 0.4) is 0 Å². The fraction of sp³-hybridized carbons (Fsp3) is 0.533. The Bertz CT molecular complexity index is 411. The second kappa shape index (κ2) is 6.96. The summed E-state index contributed by atoms with van der Waals surface area (Å²) in [5.41, 5.74) is 2.15. The smallest absolute Gasteiger partial charge is 0.310 e. The van der Waals surface area contributed by atoms with Gasteiger partial charge in [0, 0.05) is 18.8 Å². The van der Waals surface area contributed by atoms with E-state index in [1.165, 1.54) is 30.0 Å². The lowest BCUT2D eigenvalue weighted by molar-refractivity contribution is -0.138. The molecule has 3 nitrogen and oxygen atoms in total. The second-order valence-corrected chi connectivity index (χ2v) is 6.27. The zero-order chi connectivity index (χ0) is 13.7. The van der Waals surface area contributed by atoms with Crippen molar-refractivity contribution in [1.82, 2.24) is 4.90 Å². The molecule has 1 fully saturated rings. The third-order valence-corrected chi connectivity index (χ3v) is 4.62. The molecule has 0 spiro atoms. The number of carboxylic acid groups (broad SMARTS) is 1. The van der Waals surface area contributed by atoms with E-state index in [0.717, 1.165) is 18.7 Å². The zero-order valence-electron chi connectivity index (χ0n) is 11.3. The maximum absolute atomic E-state index is 10.9. The lowest BCUT2D eigenvalue weighted by Gasteiger charge is -2.19. The summed E-state index contributed by atoms with van der Waals surface area (Å²) in [6.07, 6.45) is 1.26. The number of nitrogens with zero attached hydrogens (tertiary/aromatic N) is 1. The van der Waals surface area contributed by atoms with Gasteiger partial charge in [-0.3, -0.25) is 9.69 Å². The van der Waals surface area contributed by atoms with Gasteiger partial charge in [0.15, 0.2) is 0 Å². The van der Waals surface area contributed by atoms with Gasteiger partial charge in [-0.2, -0.15) is 11.8 Å². The quantitative estimate of drug-likeness (QED) is 0.920. The van der Waals surface area contributed by atoms with Gasteiger partial charge in [-0.05, 0) is 36.8 Å². The van der Waals surface area contributed by atoms with Crippen LogP contribution in [-0.2, 0) is 11.3 Å². The van der Waals surface area contributed by atoms with Crippen LogP contribution in [0.25, 0.3) is 0 Å². The topological polar surface area (TPSA) is 40.5 Å². The van der Waals surface area contributed by atoms with Crippen molar-refractivity contribution in [3.05, 3.63) is 35.4 Å². The van der Waals surface area contributed by atoms with Gasteiger partial charge in [0.2, 0.25) is 0 Å². The Kier molecular flexibility index (Phi) is 5.28. The SMILES string of the molecule is CC(C(=O)O)c1ccc(CN2CCCSCC2)cc1. The monoisotopic (exact) mass is 279 g/mol. The third-order valence-electron chi connectivity index (χ3n) is 3.57. The van der Waals surface area contributed by atoms with E-state index in [9.17, 15) is 4.79 Å². The largest absolute Gasteiger partial charge is 0.481 e. The van der Waals surface area contributed by atoms with Crippen LogP contribution in [0, 0.1) is 0 Å². The van der Waals surface area contributed by atoms with Gasteiger partial charge < -0.3 is 5.11 Å². The average Bonchev–Trinajstić information content (AvgIpc) is 2.67. The van der Waals surface area contributed by atoms with Crippen molar-refractivity contribution in [2.24, 2.45) is 0 Å². The van der Waals surface area contributed by atoms with E-state index in [0.29, 0.717) is 0 Å². The Morgan fingerprint density at radius 3 is 2.74 bits per heavy atom. The first-order chi connectivity index (χ1) is 9.16. The molecule has 1 aromatic rings. The van der Waals surface area contributed by atoms with Gasteiger partial charge in [0.25, 0.3) is 0 Å². The molecule has 0 aromatic heterocycles. The summed E-state index contributed by atoms with van der Waals surface area (Å²) in [5.74, 6) is 1.29. The van der Waals surface area contributed by atoms with Crippen LogP contribution in [-0.4, -0.2) is 40.6 Å². The zero-order valence-corrected chi connectivity index (χ0v) is 12.2. The Morgan fingerprint density at radius 2 is 2.05 bits per heavy atom. The number of aliphatic carboxylic acids is 1. The van der Waals surface area contributed by atoms with Gasteiger partial charge in [-0.15, -0.1) is 0 Å². The first-order valence-electron chi connectivity index (χ1n) is 6.78. The van der Waals surface area contributed by atoms with Crippen LogP contribution in [0.5, 0.6) is 0 Å². The van der Waals surface area contributed by atoms with Crippen molar-refractivity contribution in [3.63, 3.8) is 0 Å². The molecule has 1 aromatic carbocycles. The summed E-state index contributed by atoms with van der Waals surface area (Å²) < 4.78 is 0. The molecule has 0 radical (unpaired) electrons. The normalized spacial score (nSPS) is 18.8. The summed E-state index contributed by atoms with van der Waals surface area (Å²) in [5, 5.41) is 8.99. The molecule has 104 valence electrons. The molecule has 0 aliphatic carbocycles. The van der Waals surface area contributed by atoms with Crippen LogP contribution in [0.4, 0.5) is 0 Å². The highest BCUT2D eigenvalue weighted by atomic mass is 32.2. The summed E-state index contributed by atoms with van der Waals surface area (Å²) in [7, 11) is 0. The molecule has 0 amide bonds. The van der Waals surface area contributed by atoms with Crippen LogP contribution in [0.2, 0.25) is 0 Å². The van der Waals surface area contributed by atoms with Gasteiger partial charge in [0.05, 0.1) is 5.92 Å². The summed E-state index contributed by atoms with van der Waals surface area (Å²) in [6, 6.07) is 8.01. The molecule has 0 bridgehead atoms. The molecule has 1 saturated heterocycles. The molecule has 1 heterocycles. The Balaban J connectivity index is 1.96. The number of thioether (sulfide) groups is 1. The average molecular weight is 279 g/mol. The lowest BCUT2D eigenvalue weighted by atomic mass is 10.00. The predicted molar refractivity (Wildman–Crippen MR) is 79.7 cm³/mol. The Labute approximate surface area is 119 Å². The van der Waals surface area contributed by atoms with Crippen LogP contribution in [0.15, 0.2) is 24.3 Å². The minimum absolute atomic E-state index is 0.427. The Morgan fingerprint density at radius 1 is 1.32 bits per heavy atom. The number of carbonyl (C=O) groups is 1. The molecular formula is C15H21NO2S. The maximum Gasteiger partial charge on any atom is 0.310 e. The minimum Gasteiger partial charge on any atom is -0.481 e. The Hall–Kier alpha value is -1.00. The van der Waals surface area contributed by atoms with E-state index in [1.54, 1.807) is 6.92 Å². The summed E-state index contributed by atoms with van der Waals surface area (Å²) >= 11 is 2.03. The van der Waals surface area contributed by atoms with Crippen molar-refractivity contribution < 1.29 is 9.90 Å². The molecule has 4 heteroatoms. The van der Waals surface area contributed by atoms with E-state index < -0.39 is 11.9 Å². The van der Waals surface area contributed by atoms with Crippen molar-refractivity contribution >= 4 is 17.7 Å². The number of hydrogen-bond acceptors (Lipinski definition) is 3. The van der Waals surface area contributed by atoms with Crippen molar-refractivity contribution in [2.45, 2.75) is 25.8 Å². The number of hydrogen-bond donors (Lipinski definition) is 1. The maximum atomic E-state index is 10.9. The summed E-state index contributed by atoms with van der Waals surface area (Å²) in [4.78, 5) is 13.4. The van der Waals surface area contributed by atoms with E-state index >= 15 is 0 Å². The predicted octanol–water partition coefficient (Wildman–Crippen LogP) is 2.81. The minimum atomic E-state index is -0.766. The van der Waals surface area contributed by atoms with Gasteiger partial charge in [-0.25, -0.2) is 0 Å². The summed E-state index contributed by atoms with van der Waals surface area (Å²) in [6.45, 7) is 5.02. The fourth-order valence-electron chi connectivity index (χ4n) is 2.27. The highest BCUT2D eigenvalue weighted by Gasteiger charge is 2.14. The lowest BCUT2D eigenvalue weighted by Crippen LogP contribution is -2.25. The standard InChI is InChI=1S/C15H21NO2S/c1-12(15(17)18)14-5-3-13(4-6-14)11-16-7-2-9-19-10-8-16/h3-6,12H,2,7-11H2,1H3,(H,17,18). The molecule has 1 aliphatic heterocycles. The van der Waals surface area contributed by atoms with Crippen LogP contribution < -0.4 is 0 Å². The molecule has 1 unspecified atom stereocenters. The molecule has 1 aliphatic rings. The number of carboxylic acids is 1. The second-order valence-electron chi connectivity index (χ2n) is 5.04. The first kappa shape index (κ1) is 14.4. The van der Waals surface area contributed by atoms with Gasteiger partial charge >= 0.3 is 5.97 Å². The van der Waals surface area contributed by atoms with Crippen molar-refractivity contribution in [3.8, 4) is 0 Å². The molecule has 2 rings (SSSR count). The molecule has 0 saturated carbocycles. The van der Waals surface area contributed by atoms with E-state index in [1.807, 2.05) is 23.9 Å².